The molecule has 1 aliphatic rings. The number of ether oxygens (including phenoxy) is 3. The van der Waals surface area contributed by atoms with E-state index < -0.39 is 0 Å². The molecule has 0 saturated carbocycles. The molecule has 0 fully saturated rings. The summed E-state index contributed by atoms with van der Waals surface area (Å²) in [6.45, 7) is 3.05. The summed E-state index contributed by atoms with van der Waals surface area (Å²) in [6, 6.07) is 14.3. The molecule has 6 nitrogen and oxygen atoms in total. The summed E-state index contributed by atoms with van der Waals surface area (Å²) >= 11 is 0. The number of amides is 1. The number of hydrogen-bond donors (Lipinski definition) is 1. The second kappa shape index (κ2) is 8.26. The smallest absolute Gasteiger partial charge is 0.287 e. The van der Waals surface area contributed by atoms with E-state index in [1.165, 1.54) is 24.3 Å². The highest BCUT2D eigenvalue weighted by Gasteiger charge is 2.18. The van der Waals surface area contributed by atoms with Crippen molar-refractivity contribution in [2.45, 2.75) is 19.6 Å². The third-order valence-corrected chi connectivity index (χ3v) is 4.49. The monoisotopic (exact) mass is 397 g/mol. The molecule has 2 aromatic carbocycles. The molecule has 1 amide bonds. The predicted octanol–water partition coefficient (Wildman–Crippen LogP) is 4.26. The molecule has 0 radical (unpaired) electrons. The molecule has 1 N–H and O–H groups in total. The third-order valence-electron chi connectivity index (χ3n) is 4.49. The molecular weight excluding hydrogens is 377 g/mol. The van der Waals surface area contributed by atoms with Gasteiger partial charge in [-0.3, -0.25) is 4.79 Å². The lowest BCUT2D eigenvalue weighted by Crippen LogP contribution is -2.26. The number of carbonyl (C=O) groups is 1. The lowest BCUT2D eigenvalue weighted by atomic mass is 10.1. The Bertz CT molecular complexity index is 999. The third kappa shape index (κ3) is 4.51. The van der Waals surface area contributed by atoms with Gasteiger partial charge in [0.1, 0.15) is 37.1 Å². The zero-order chi connectivity index (χ0) is 20.2. The highest BCUT2D eigenvalue weighted by atomic mass is 19.1. The van der Waals surface area contributed by atoms with E-state index in [-0.39, 0.29) is 30.1 Å². The van der Waals surface area contributed by atoms with Gasteiger partial charge in [0.2, 0.25) is 0 Å². The molecule has 29 heavy (non-hydrogen) atoms. The van der Waals surface area contributed by atoms with E-state index >= 15 is 0 Å². The first-order chi connectivity index (χ1) is 14.1. The number of carbonyl (C=O) groups excluding carboxylic acids is 1. The quantitative estimate of drug-likeness (QED) is 0.673. The Morgan fingerprint density at radius 3 is 2.62 bits per heavy atom. The predicted molar refractivity (Wildman–Crippen MR) is 103 cm³/mol. The van der Waals surface area contributed by atoms with Crippen LogP contribution in [0.4, 0.5) is 4.39 Å². The van der Waals surface area contributed by atoms with Crippen LogP contribution in [0.2, 0.25) is 0 Å². The van der Waals surface area contributed by atoms with Crippen LogP contribution in [0.5, 0.6) is 17.2 Å². The fraction of sp³-hybridized carbons (Fsp3) is 0.227. The maximum atomic E-state index is 12.9. The molecule has 0 spiro atoms. The summed E-state index contributed by atoms with van der Waals surface area (Å²) in [6.07, 6.45) is 0. The van der Waals surface area contributed by atoms with Crippen LogP contribution in [-0.4, -0.2) is 19.1 Å². The molecule has 1 atom stereocenters. The van der Waals surface area contributed by atoms with Crippen LogP contribution in [0.15, 0.2) is 59.0 Å². The van der Waals surface area contributed by atoms with E-state index in [2.05, 4.69) is 5.32 Å². The Labute approximate surface area is 167 Å². The van der Waals surface area contributed by atoms with E-state index in [9.17, 15) is 9.18 Å². The average molecular weight is 397 g/mol. The molecule has 0 saturated heterocycles. The van der Waals surface area contributed by atoms with Crippen molar-refractivity contribution in [1.82, 2.24) is 5.32 Å². The average Bonchev–Trinajstić information content (AvgIpc) is 3.22. The van der Waals surface area contributed by atoms with Gasteiger partial charge in [-0.2, -0.15) is 0 Å². The van der Waals surface area contributed by atoms with Crippen molar-refractivity contribution >= 4 is 5.91 Å². The molecule has 7 heteroatoms. The van der Waals surface area contributed by atoms with Crippen molar-refractivity contribution in [2.75, 3.05) is 13.2 Å². The molecule has 4 rings (SSSR count). The lowest BCUT2D eigenvalue weighted by Gasteiger charge is -2.21. The number of nitrogens with one attached hydrogen (secondary N) is 1. The summed E-state index contributed by atoms with van der Waals surface area (Å²) in [5, 5.41) is 2.90. The van der Waals surface area contributed by atoms with Crippen molar-refractivity contribution in [3.8, 4) is 17.2 Å². The van der Waals surface area contributed by atoms with Gasteiger partial charge >= 0.3 is 0 Å². The first kappa shape index (κ1) is 18.9. The minimum Gasteiger partial charge on any atom is -0.486 e. The molecule has 3 aromatic rings. The van der Waals surface area contributed by atoms with Crippen LogP contribution in [0.1, 0.15) is 34.8 Å². The van der Waals surface area contributed by atoms with Gasteiger partial charge in [-0.15, -0.1) is 0 Å². The Kier molecular flexibility index (Phi) is 5.37. The summed E-state index contributed by atoms with van der Waals surface area (Å²) < 4.78 is 35.1. The minimum absolute atomic E-state index is 0.136. The maximum absolute atomic E-state index is 12.9. The maximum Gasteiger partial charge on any atom is 0.287 e. The Hall–Kier alpha value is -3.48. The van der Waals surface area contributed by atoms with E-state index in [1.807, 2.05) is 25.1 Å². The van der Waals surface area contributed by atoms with E-state index in [0.29, 0.717) is 36.2 Å². The van der Waals surface area contributed by atoms with Crippen LogP contribution < -0.4 is 19.5 Å². The number of halogens is 1. The normalized spacial score (nSPS) is 13.6. The van der Waals surface area contributed by atoms with Crippen molar-refractivity contribution in [2.24, 2.45) is 0 Å². The standard InChI is InChI=1S/C22H20FNO5/c1-14(15-2-8-19-21(12-15)27-11-10-26-19)24-22(25)20-9-7-18(29-20)13-28-17-5-3-16(23)4-6-17/h2-9,12,14H,10-11,13H2,1H3,(H,24,25)/t14-/m0/s1. The van der Waals surface area contributed by atoms with Gasteiger partial charge in [0, 0.05) is 0 Å². The van der Waals surface area contributed by atoms with Gasteiger partial charge in [-0.1, -0.05) is 6.07 Å². The van der Waals surface area contributed by atoms with E-state index in [4.69, 9.17) is 18.6 Å². The topological polar surface area (TPSA) is 69.9 Å². The summed E-state index contributed by atoms with van der Waals surface area (Å²) in [4.78, 5) is 12.5. The van der Waals surface area contributed by atoms with Gasteiger partial charge in [0.05, 0.1) is 6.04 Å². The van der Waals surface area contributed by atoms with Crippen molar-refractivity contribution in [3.05, 3.63) is 77.5 Å². The van der Waals surface area contributed by atoms with Crippen LogP contribution in [0.25, 0.3) is 0 Å². The minimum atomic E-state index is -0.333. The Balaban J connectivity index is 1.35. The van der Waals surface area contributed by atoms with E-state index in [1.54, 1.807) is 12.1 Å². The first-order valence-electron chi connectivity index (χ1n) is 9.26. The number of hydrogen-bond acceptors (Lipinski definition) is 5. The fourth-order valence-corrected chi connectivity index (χ4v) is 2.94. The van der Waals surface area contributed by atoms with Crippen LogP contribution in [0, 0.1) is 5.82 Å². The zero-order valence-electron chi connectivity index (χ0n) is 15.8. The van der Waals surface area contributed by atoms with Gasteiger partial charge in [-0.25, -0.2) is 4.39 Å². The first-order valence-corrected chi connectivity index (χ1v) is 9.26. The highest BCUT2D eigenvalue weighted by molar-refractivity contribution is 5.91. The molecule has 0 aliphatic carbocycles. The Morgan fingerprint density at radius 2 is 1.83 bits per heavy atom. The number of fused-ring (bicyclic) bond motifs is 1. The van der Waals surface area contributed by atoms with Crippen LogP contribution in [0.3, 0.4) is 0 Å². The molecule has 2 heterocycles. The van der Waals surface area contributed by atoms with Gasteiger partial charge in [0.25, 0.3) is 5.91 Å². The number of benzene rings is 2. The molecule has 150 valence electrons. The molecule has 0 bridgehead atoms. The molecule has 0 unspecified atom stereocenters. The van der Waals surface area contributed by atoms with Gasteiger partial charge in [0.15, 0.2) is 17.3 Å². The molecular formula is C22H20FNO5. The molecule has 1 aliphatic heterocycles. The lowest BCUT2D eigenvalue weighted by molar-refractivity contribution is 0.0907. The summed E-state index contributed by atoms with van der Waals surface area (Å²) in [5.41, 5.74) is 0.897. The SMILES string of the molecule is C[C@H](NC(=O)c1ccc(COc2ccc(F)cc2)o1)c1ccc2c(c1)OCCO2. The number of rotatable bonds is 6. The van der Waals surface area contributed by atoms with Crippen molar-refractivity contribution in [3.63, 3.8) is 0 Å². The summed E-state index contributed by atoms with van der Waals surface area (Å²) in [7, 11) is 0. The van der Waals surface area contributed by atoms with Crippen molar-refractivity contribution < 1.29 is 27.8 Å². The van der Waals surface area contributed by atoms with E-state index in [0.717, 1.165) is 5.56 Å². The Morgan fingerprint density at radius 1 is 1.07 bits per heavy atom. The van der Waals surface area contributed by atoms with Crippen molar-refractivity contribution in [1.29, 1.82) is 0 Å². The zero-order valence-corrected chi connectivity index (χ0v) is 15.8. The van der Waals surface area contributed by atoms with Crippen LogP contribution in [-0.2, 0) is 6.61 Å². The fourth-order valence-electron chi connectivity index (χ4n) is 2.94. The highest BCUT2D eigenvalue weighted by Crippen LogP contribution is 2.32. The van der Waals surface area contributed by atoms with Gasteiger partial charge < -0.3 is 23.9 Å². The van der Waals surface area contributed by atoms with Gasteiger partial charge in [-0.05, 0) is 61.0 Å². The molecule has 1 aromatic heterocycles. The second-order valence-corrected chi connectivity index (χ2v) is 6.61. The summed E-state index contributed by atoms with van der Waals surface area (Å²) in [5.74, 6) is 1.91. The number of furan rings is 1. The largest absolute Gasteiger partial charge is 0.486 e. The van der Waals surface area contributed by atoms with Crippen LogP contribution >= 0.6 is 0 Å². The second-order valence-electron chi connectivity index (χ2n) is 6.61.